The van der Waals surface area contributed by atoms with Crippen LogP contribution in [0.4, 0.5) is 4.39 Å². The summed E-state index contributed by atoms with van der Waals surface area (Å²) in [6, 6.07) is 7.09. The van der Waals surface area contributed by atoms with Crippen molar-refractivity contribution in [3.8, 4) is 0 Å². The van der Waals surface area contributed by atoms with Gasteiger partial charge in [0.25, 0.3) is 0 Å². The topological polar surface area (TPSA) is 42.9 Å². The normalized spacial score (nSPS) is 9.93. The number of carbonyl (C=O) groups is 1. The lowest BCUT2D eigenvalue weighted by Gasteiger charge is -1.99. The first-order valence-electron chi connectivity index (χ1n) is 4.34. The number of nitrogens with zero attached hydrogens (tertiary/aromatic N) is 2. The molecule has 1 aromatic carbocycles. The second-order valence-electron chi connectivity index (χ2n) is 2.97. The molecule has 0 radical (unpaired) electrons. The highest BCUT2D eigenvalue weighted by Crippen LogP contribution is 2.09. The fourth-order valence-electron chi connectivity index (χ4n) is 1.22. The van der Waals surface area contributed by atoms with Gasteiger partial charge in [-0.15, -0.1) is 0 Å². The lowest BCUT2D eigenvalue weighted by atomic mass is 10.1. The number of rotatable bonds is 2. The van der Waals surface area contributed by atoms with Crippen LogP contribution in [-0.4, -0.2) is 16.0 Å². The van der Waals surface area contributed by atoms with Crippen molar-refractivity contribution >= 4 is 5.78 Å². The molecule has 0 unspecified atom stereocenters. The first kappa shape index (κ1) is 9.45. The highest BCUT2D eigenvalue weighted by molar-refractivity contribution is 6.08. The van der Waals surface area contributed by atoms with Gasteiger partial charge < -0.3 is 0 Å². The summed E-state index contributed by atoms with van der Waals surface area (Å²) in [4.78, 5) is 11.8. The van der Waals surface area contributed by atoms with E-state index < -0.39 is 5.82 Å². The van der Waals surface area contributed by atoms with Crippen molar-refractivity contribution in [3.63, 3.8) is 0 Å². The van der Waals surface area contributed by atoms with Crippen LogP contribution in [0.5, 0.6) is 0 Å². The monoisotopic (exact) mass is 202 g/mol. The van der Waals surface area contributed by atoms with E-state index in [0.717, 1.165) is 0 Å². The third-order valence-electron chi connectivity index (χ3n) is 1.93. The lowest BCUT2D eigenvalue weighted by Crippen LogP contribution is -2.02. The van der Waals surface area contributed by atoms with Gasteiger partial charge >= 0.3 is 0 Å². The fraction of sp³-hybridized carbons (Fsp3) is 0. The van der Waals surface area contributed by atoms with Gasteiger partial charge in [-0.3, -0.25) is 4.79 Å². The van der Waals surface area contributed by atoms with E-state index >= 15 is 0 Å². The zero-order valence-corrected chi connectivity index (χ0v) is 7.72. The molecule has 15 heavy (non-hydrogen) atoms. The lowest BCUT2D eigenvalue weighted by molar-refractivity contribution is 0.103. The maximum absolute atomic E-state index is 12.9. The van der Waals surface area contributed by atoms with E-state index in [-0.39, 0.29) is 5.78 Å². The Morgan fingerprint density at radius 2 is 2.00 bits per heavy atom. The molecule has 0 saturated carbocycles. The van der Waals surface area contributed by atoms with Crippen molar-refractivity contribution in [1.29, 1.82) is 0 Å². The van der Waals surface area contributed by atoms with Gasteiger partial charge in [-0.1, -0.05) is 12.1 Å². The van der Waals surface area contributed by atoms with Gasteiger partial charge in [-0.2, -0.15) is 10.2 Å². The molecule has 0 N–H and O–H groups in total. The summed E-state index contributed by atoms with van der Waals surface area (Å²) < 4.78 is 12.9. The molecular weight excluding hydrogens is 195 g/mol. The molecule has 4 heteroatoms. The second kappa shape index (κ2) is 3.96. The first-order valence-corrected chi connectivity index (χ1v) is 4.34. The fourth-order valence-corrected chi connectivity index (χ4v) is 1.22. The highest BCUT2D eigenvalue weighted by atomic mass is 19.1. The molecule has 0 aliphatic carbocycles. The summed E-state index contributed by atoms with van der Waals surface area (Å²) in [6.45, 7) is 0. The van der Waals surface area contributed by atoms with Crippen molar-refractivity contribution in [2.75, 3.05) is 0 Å². The van der Waals surface area contributed by atoms with Gasteiger partial charge in [0.05, 0.1) is 12.4 Å². The molecule has 0 saturated heterocycles. The van der Waals surface area contributed by atoms with Crippen LogP contribution in [0.25, 0.3) is 0 Å². The van der Waals surface area contributed by atoms with Crippen LogP contribution in [0.1, 0.15) is 15.9 Å². The van der Waals surface area contributed by atoms with E-state index in [1.165, 1.54) is 30.6 Å². The maximum atomic E-state index is 12.9. The van der Waals surface area contributed by atoms with Crippen LogP contribution >= 0.6 is 0 Å². The molecular formula is C11H7FN2O. The van der Waals surface area contributed by atoms with E-state index in [0.29, 0.717) is 11.1 Å². The van der Waals surface area contributed by atoms with Crippen LogP contribution in [-0.2, 0) is 0 Å². The number of benzene rings is 1. The largest absolute Gasteiger partial charge is 0.289 e. The summed E-state index contributed by atoms with van der Waals surface area (Å²) in [5.41, 5.74) is 0.707. The molecule has 0 aliphatic rings. The predicted molar refractivity (Wildman–Crippen MR) is 51.9 cm³/mol. The smallest absolute Gasteiger partial charge is 0.194 e. The Bertz CT molecular complexity index is 485. The van der Waals surface area contributed by atoms with E-state index in [2.05, 4.69) is 10.2 Å². The van der Waals surface area contributed by atoms with Crippen LogP contribution in [0.3, 0.4) is 0 Å². The summed E-state index contributed by atoms with van der Waals surface area (Å²) in [7, 11) is 0. The number of hydrogen-bond donors (Lipinski definition) is 0. The van der Waals surface area contributed by atoms with Crippen molar-refractivity contribution in [2.45, 2.75) is 0 Å². The Kier molecular flexibility index (Phi) is 2.49. The molecule has 74 valence electrons. The Morgan fingerprint density at radius 3 is 2.67 bits per heavy atom. The second-order valence-corrected chi connectivity index (χ2v) is 2.97. The van der Waals surface area contributed by atoms with E-state index in [1.54, 1.807) is 12.1 Å². The summed E-state index contributed by atoms with van der Waals surface area (Å²) >= 11 is 0. The molecule has 0 spiro atoms. The number of carbonyl (C=O) groups excluding carboxylic acids is 1. The molecule has 1 heterocycles. The molecule has 0 bridgehead atoms. The van der Waals surface area contributed by atoms with Gasteiger partial charge in [-0.05, 0) is 18.2 Å². The predicted octanol–water partition coefficient (Wildman–Crippen LogP) is 1.85. The molecule has 2 aromatic rings. The highest BCUT2D eigenvalue weighted by Gasteiger charge is 2.09. The molecule has 2 rings (SSSR count). The first-order chi connectivity index (χ1) is 7.27. The zero-order valence-electron chi connectivity index (χ0n) is 7.72. The SMILES string of the molecule is O=C(c1ccnnc1)c1cccc(F)c1. The Morgan fingerprint density at radius 1 is 1.13 bits per heavy atom. The minimum Gasteiger partial charge on any atom is -0.289 e. The van der Waals surface area contributed by atoms with Gasteiger partial charge in [-0.25, -0.2) is 4.39 Å². The van der Waals surface area contributed by atoms with Gasteiger partial charge in [0, 0.05) is 11.1 Å². The van der Waals surface area contributed by atoms with Crippen LogP contribution < -0.4 is 0 Å². The summed E-state index contributed by atoms with van der Waals surface area (Å²) in [6.07, 6.45) is 2.78. The number of aromatic nitrogens is 2. The van der Waals surface area contributed by atoms with Crippen molar-refractivity contribution in [1.82, 2.24) is 10.2 Å². The summed E-state index contributed by atoms with van der Waals surface area (Å²) in [5, 5.41) is 7.15. The van der Waals surface area contributed by atoms with Gasteiger partial charge in [0.15, 0.2) is 5.78 Å². The Hall–Kier alpha value is -2.10. The number of hydrogen-bond acceptors (Lipinski definition) is 3. The van der Waals surface area contributed by atoms with Crippen molar-refractivity contribution in [3.05, 3.63) is 59.7 Å². The summed E-state index contributed by atoms with van der Waals surface area (Å²) in [5.74, 6) is -0.688. The Labute approximate surface area is 85.6 Å². The minimum absolute atomic E-state index is 0.260. The van der Waals surface area contributed by atoms with E-state index in [9.17, 15) is 9.18 Å². The molecule has 0 fully saturated rings. The van der Waals surface area contributed by atoms with Gasteiger partial charge in [0.2, 0.25) is 0 Å². The average molecular weight is 202 g/mol. The number of ketones is 1. The van der Waals surface area contributed by atoms with Crippen LogP contribution in [0.15, 0.2) is 42.7 Å². The van der Waals surface area contributed by atoms with Crippen LogP contribution in [0, 0.1) is 5.82 Å². The molecule has 0 aliphatic heterocycles. The number of halogens is 1. The zero-order chi connectivity index (χ0) is 10.7. The standard InChI is InChI=1S/C11H7FN2O/c12-10-3-1-2-8(6-10)11(15)9-4-5-13-14-7-9/h1-7H. The minimum atomic E-state index is -0.428. The van der Waals surface area contributed by atoms with E-state index in [4.69, 9.17) is 0 Å². The van der Waals surface area contributed by atoms with Crippen molar-refractivity contribution in [2.24, 2.45) is 0 Å². The van der Waals surface area contributed by atoms with Crippen molar-refractivity contribution < 1.29 is 9.18 Å². The van der Waals surface area contributed by atoms with Gasteiger partial charge in [0.1, 0.15) is 5.82 Å². The average Bonchev–Trinajstić information content (AvgIpc) is 2.29. The Balaban J connectivity index is 2.37. The molecule has 3 nitrogen and oxygen atoms in total. The van der Waals surface area contributed by atoms with Crippen LogP contribution in [0.2, 0.25) is 0 Å². The molecule has 0 atom stereocenters. The maximum Gasteiger partial charge on any atom is 0.194 e. The third-order valence-corrected chi connectivity index (χ3v) is 1.93. The molecule has 1 aromatic heterocycles. The molecule has 0 amide bonds. The third kappa shape index (κ3) is 2.04. The van der Waals surface area contributed by atoms with E-state index in [1.807, 2.05) is 0 Å². The quantitative estimate of drug-likeness (QED) is 0.698.